The molecule has 20 heavy (non-hydrogen) atoms. The van der Waals surface area contributed by atoms with E-state index in [2.05, 4.69) is 11.8 Å². The Kier molecular flexibility index (Phi) is 3.74. The lowest BCUT2D eigenvalue weighted by atomic mass is 9.94. The standard InChI is InChI=1S/C16H20ClNO2/c1-10(12-6-2-3-8-14(12)17)18-9-11-5-4-7-13(11)15(18)16(19)20/h2-3,6,8,10-11,13,15H,4-5,7,9H2,1H3,(H,19,20). The molecule has 1 saturated carbocycles. The highest BCUT2D eigenvalue weighted by Crippen LogP contribution is 2.45. The molecule has 1 aliphatic carbocycles. The largest absolute Gasteiger partial charge is 0.480 e. The van der Waals surface area contributed by atoms with E-state index in [9.17, 15) is 9.90 Å². The molecule has 108 valence electrons. The van der Waals surface area contributed by atoms with E-state index >= 15 is 0 Å². The molecule has 2 fully saturated rings. The van der Waals surface area contributed by atoms with Gasteiger partial charge in [0.15, 0.2) is 0 Å². The lowest BCUT2D eigenvalue weighted by Gasteiger charge is -2.31. The van der Waals surface area contributed by atoms with E-state index in [0.29, 0.717) is 11.8 Å². The molecule has 0 spiro atoms. The molecular weight excluding hydrogens is 274 g/mol. The molecule has 1 aliphatic heterocycles. The number of carboxylic acids is 1. The summed E-state index contributed by atoms with van der Waals surface area (Å²) < 4.78 is 0. The summed E-state index contributed by atoms with van der Waals surface area (Å²) in [5.74, 6) is 0.178. The van der Waals surface area contributed by atoms with Gasteiger partial charge in [0.1, 0.15) is 6.04 Å². The maximum Gasteiger partial charge on any atom is 0.321 e. The number of hydrogen-bond donors (Lipinski definition) is 1. The van der Waals surface area contributed by atoms with Crippen LogP contribution in [0.3, 0.4) is 0 Å². The van der Waals surface area contributed by atoms with Gasteiger partial charge in [0, 0.05) is 17.6 Å². The average Bonchev–Trinajstić information content (AvgIpc) is 2.97. The number of halogens is 1. The van der Waals surface area contributed by atoms with Crippen molar-refractivity contribution in [3.8, 4) is 0 Å². The zero-order valence-corrected chi connectivity index (χ0v) is 12.4. The topological polar surface area (TPSA) is 40.5 Å². The molecule has 0 amide bonds. The number of carboxylic acid groups (broad SMARTS) is 1. The molecule has 3 rings (SSSR count). The van der Waals surface area contributed by atoms with Gasteiger partial charge in [-0.05, 0) is 43.2 Å². The van der Waals surface area contributed by atoms with Gasteiger partial charge in [0.2, 0.25) is 0 Å². The summed E-state index contributed by atoms with van der Waals surface area (Å²) in [6.07, 6.45) is 3.39. The van der Waals surface area contributed by atoms with Crippen LogP contribution in [0.2, 0.25) is 5.02 Å². The zero-order chi connectivity index (χ0) is 14.3. The van der Waals surface area contributed by atoms with Crippen molar-refractivity contribution in [1.82, 2.24) is 4.90 Å². The summed E-state index contributed by atoms with van der Waals surface area (Å²) in [7, 11) is 0. The number of likely N-dealkylation sites (tertiary alicyclic amines) is 1. The highest BCUT2D eigenvalue weighted by Gasteiger charge is 2.49. The van der Waals surface area contributed by atoms with Crippen molar-refractivity contribution in [3.63, 3.8) is 0 Å². The summed E-state index contributed by atoms with van der Waals surface area (Å²) in [6.45, 7) is 2.95. The van der Waals surface area contributed by atoms with Crippen molar-refractivity contribution in [2.75, 3.05) is 6.54 Å². The Bertz CT molecular complexity index is 519. The monoisotopic (exact) mass is 293 g/mol. The third kappa shape index (κ3) is 2.23. The molecule has 2 aliphatic rings. The first-order valence-corrected chi connectivity index (χ1v) is 7.70. The fourth-order valence-electron chi connectivity index (χ4n) is 4.05. The Labute approximate surface area is 124 Å². The summed E-state index contributed by atoms with van der Waals surface area (Å²) in [4.78, 5) is 13.8. The van der Waals surface area contributed by atoms with Crippen molar-refractivity contribution >= 4 is 17.6 Å². The number of hydrogen-bond acceptors (Lipinski definition) is 2. The summed E-state index contributed by atoms with van der Waals surface area (Å²) >= 11 is 6.27. The van der Waals surface area contributed by atoms with Gasteiger partial charge in [-0.1, -0.05) is 36.2 Å². The fourth-order valence-corrected chi connectivity index (χ4v) is 4.35. The normalized spacial score (nSPS) is 31.2. The molecule has 0 bridgehead atoms. The van der Waals surface area contributed by atoms with Crippen molar-refractivity contribution in [2.45, 2.75) is 38.3 Å². The first-order chi connectivity index (χ1) is 9.59. The van der Waals surface area contributed by atoms with E-state index in [0.717, 1.165) is 23.6 Å². The van der Waals surface area contributed by atoms with Crippen LogP contribution < -0.4 is 0 Å². The molecule has 1 aromatic carbocycles. The van der Waals surface area contributed by atoms with Gasteiger partial charge in [-0.25, -0.2) is 0 Å². The minimum atomic E-state index is -0.682. The van der Waals surface area contributed by atoms with E-state index in [1.54, 1.807) is 0 Å². The van der Waals surface area contributed by atoms with Gasteiger partial charge >= 0.3 is 5.97 Å². The Morgan fingerprint density at radius 1 is 1.40 bits per heavy atom. The van der Waals surface area contributed by atoms with Gasteiger partial charge in [-0.15, -0.1) is 0 Å². The van der Waals surface area contributed by atoms with Gasteiger partial charge in [0.05, 0.1) is 0 Å². The first-order valence-electron chi connectivity index (χ1n) is 7.32. The molecule has 4 unspecified atom stereocenters. The van der Waals surface area contributed by atoms with Gasteiger partial charge in [0.25, 0.3) is 0 Å². The van der Waals surface area contributed by atoms with E-state index in [4.69, 9.17) is 11.6 Å². The molecule has 0 aromatic heterocycles. The Morgan fingerprint density at radius 3 is 2.85 bits per heavy atom. The van der Waals surface area contributed by atoms with E-state index in [1.165, 1.54) is 12.8 Å². The second kappa shape index (κ2) is 5.38. The third-order valence-electron chi connectivity index (χ3n) is 5.03. The van der Waals surface area contributed by atoms with Crippen LogP contribution in [0, 0.1) is 11.8 Å². The van der Waals surface area contributed by atoms with Crippen molar-refractivity contribution in [2.24, 2.45) is 11.8 Å². The number of carbonyl (C=O) groups is 1. The number of fused-ring (bicyclic) bond motifs is 1. The molecule has 4 atom stereocenters. The Balaban J connectivity index is 1.89. The van der Waals surface area contributed by atoms with Gasteiger partial charge in [-0.2, -0.15) is 0 Å². The molecule has 3 nitrogen and oxygen atoms in total. The summed E-state index contributed by atoms with van der Waals surface area (Å²) in [5, 5.41) is 10.3. The molecule has 1 N–H and O–H groups in total. The number of aliphatic carboxylic acids is 1. The Hall–Kier alpha value is -1.06. The smallest absolute Gasteiger partial charge is 0.321 e. The highest BCUT2D eigenvalue weighted by atomic mass is 35.5. The van der Waals surface area contributed by atoms with Crippen LogP contribution in [0.25, 0.3) is 0 Å². The Morgan fingerprint density at radius 2 is 2.15 bits per heavy atom. The maximum atomic E-state index is 11.7. The zero-order valence-electron chi connectivity index (χ0n) is 11.6. The van der Waals surface area contributed by atoms with E-state index < -0.39 is 5.97 Å². The predicted octanol–water partition coefficient (Wildman–Crippen LogP) is 3.59. The first kappa shape index (κ1) is 13.9. The number of nitrogens with zero attached hydrogens (tertiary/aromatic N) is 1. The van der Waals surface area contributed by atoms with Gasteiger partial charge < -0.3 is 5.11 Å². The minimum absolute atomic E-state index is 0.0513. The second-order valence-electron chi connectivity index (χ2n) is 6.03. The fraction of sp³-hybridized carbons (Fsp3) is 0.562. The van der Waals surface area contributed by atoms with Crippen LogP contribution in [0.1, 0.15) is 37.8 Å². The van der Waals surface area contributed by atoms with E-state index in [1.807, 2.05) is 24.3 Å². The maximum absolute atomic E-state index is 11.7. The molecule has 1 heterocycles. The summed E-state index contributed by atoms with van der Waals surface area (Å²) in [6, 6.07) is 7.44. The van der Waals surface area contributed by atoms with Crippen LogP contribution in [0.5, 0.6) is 0 Å². The number of rotatable bonds is 3. The van der Waals surface area contributed by atoms with E-state index in [-0.39, 0.29) is 12.1 Å². The lowest BCUT2D eigenvalue weighted by molar-refractivity contribution is -0.144. The van der Waals surface area contributed by atoms with Crippen LogP contribution in [-0.4, -0.2) is 28.6 Å². The van der Waals surface area contributed by atoms with Gasteiger partial charge in [-0.3, -0.25) is 9.69 Å². The second-order valence-corrected chi connectivity index (χ2v) is 6.44. The molecule has 1 saturated heterocycles. The SMILES string of the molecule is CC(c1ccccc1Cl)N1CC2CCCC2C1C(=O)O. The highest BCUT2D eigenvalue weighted by molar-refractivity contribution is 6.31. The molecular formula is C16H20ClNO2. The van der Waals surface area contributed by atoms with Crippen molar-refractivity contribution in [1.29, 1.82) is 0 Å². The summed E-state index contributed by atoms with van der Waals surface area (Å²) in [5.41, 5.74) is 1.03. The quantitative estimate of drug-likeness (QED) is 0.926. The molecule has 0 radical (unpaired) electrons. The third-order valence-corrected chi connectivity index (χ3v) is 5.38. The van der Waals surface area contributed by atoms with Crippen LogP contribution in [0.4, 0.5) is 0 Å². The lowest BCUT2D eigenvalue weighted by Crippen LogP contribution is -2.41. The van der Waals surface area contributed by atoms with Crippen LogP contribution in [-0.2, 0) is 4.79 Å². The van der Waals surface area contributed by atoms with Crippen molar-refractivity contribution in [3.05, 3.63) is 34.9 Å². The molecule has 1 aromatic rings. The van der Waals surface area contributed by atoms with Crippen LogP contribution in [0.15, 0.2) is 24.3 Å². The predicted molar refractivity (Wildman–Crippen MR) is 78.8 cm³/mol. The average molecular weight is 294 g/mol. The van der Waals surface area contributed by atoms with Crippen LogP contribution >= 0.6 is 11.6 Å². The minimum Gasteiger partial charge on any atom is -0.480 e. The van der Waals surface area contributed by atoms with Crippen molar-refractivity contribution < 1.29 is 9.90 Å². The number of benzene rings is 1. The molecule has 4 heteroatoms.